The van der Waals surface area contributed by atoms with Crippen molar-refractivity contribution >= 4 is 11.6 Å². The van der Waals surface area contributed by atoms with Gasteiger partial charge in [0.2, 0.25) is 0 Å². The second-order valence-corrected chi connectivity index (χ2v) is 6.82. The minimum atomic E-state index is 0.625. The molecular formula is C22H30N4. The van der Waals surface area contributed by atoms with Gasteiger partial charge in [-0.3, -0.25) is 4.99 Å². The number of nitrogens with one attached hydrogen (secondary N) is 2. The molecule has 0 bridgehead atoms. The Bertz CT molecular complexity index is 669. The summed E-state index contributed by atoms with van der Waals surface area (Å²) in [5.41, 5.74) is 2.68. The first kappa shape index (κ1) is 18.3. The fourth-order valence-corrected chi connectivity index (χ4v) is 3.39. The van der Waals surface area contributed by atoms with Crippen LogP contribution in [0.2, 0.25) is 0 Å². The standard InChI is InChI=1S/C22H30N4/c1-2-23-22(24-15-13-19-9-5-3-6-10-19)25-17-20-14-16-26(18-20)21-11-7-4-8-12-21/h3-12,20H,2,13-18H2,1H3,(H2,23,24,25). The van der Waals surface area contributed by atoms with Crippen LogP contribution in [-0.4, -0.2) is 38.7 Å². The van der Waals surface area contributed by atoms with E-state index in [4.69, 9.17) is 4.99 Å². The van der Waals surface area contributed by atoms with E-state index in [9.17, 15) is 0 Å². The highest BCUT2D eigenvalue weighted by Crippen LogP contribution is 2.23. The summed E-state index contributed by atoms with van der Waals surface area (Å²) >= 11 is 0. The zero-order valence-corrected chi connectivity index (χ0v) is 15.7. The van der Waals surface area contributed by atoms with Gasteiger partial charge in [-0.25, -0.2) is 0 Å². The fraction of sp³-hybridized carbons (Fsp3) is 0.409. The number of hydrogen-bond donors (Lipinski definition) is 2. The molecule has 2 aromatic rings. The maximum absolute atomic E-state index is 4.82. The number of guanidine groups is 1. The van der Waals surface area contributed by atoms with Crippen LogP contribution in [0.5, 0.6) is 0 Å². The van der Waals surface area contributed by atoms with Gasteiger partial charge in [-0.15, -0.1) is 0 Å². The van der Waals surface area contributed by atoms with Crippen molar-refractivity contribution in [2.75, 3.05) is 37.6 Å². The molecule has 0 saturated carbocycles. The van der Waals surface area contributed by atoms with E-state index in [2.05, 4.69) is 83.1 Å². The first-order valence-corrected chi connectivity index (χ1v) is 9.71. The summed E-state index contributed by atoms with van der Waals surface area (Å²) in [5.74, 6) is 1.56. The lowest BCUT2D eigenvalue weighted by Crippen LogP contribution is -2.38. The highest BCUT2D eigenvalue weighted by Gasteiger charge is 2.22. The van der Waals surface area contributed by atoms with Crippen LogP contribution in [-0.2, 0) is 6.42 Å². The van der Waals surface area contributed by atoms with Crippen molar-refractivity contribution in [1.82, 2.24) is 10.6 Å². The molecule has 0 amide bonds. The Hall–Kier alpha value is -2.49. The van der Waals surface area contributed by atoms with Gasteiger partial charge in [0.15, 0.2) is 5.96 Å². The van der Waals surface area contributed by atoms with Gasteiger partial charge in [0.05, 0.1) is 0 Å². The van der Waals surface area contributed by atoms with E-state index in [1.807, 2.05) is 0 Å². The summed E-state index contributed by atoms with van der Waals surface area (Å²) in [5, 5.41) is 6.82. The molecule has 138 valence electrons. The topological polar surface area (TPSA) is 39.7 Å². The van der Waals surface area contributed by atoms with Gasteiger partial charge in [0, 0.05) is 38.4 Å². The third-order valence-electron chi connectivity index (χ3n) is 4.81. The van der Waals surface area contributed by atoms with E-state index >= 15 is 0 Å². The van der Waals surface area contributed by atoms with Crippen molar-refractivity contribution in [3.05, 3.63) is 66.2 Å². The van der Waals surface area contributed by atoms with E-state index in [0.29, 0.717) is 5.92 Å². The number of para-hydroxylation sites is 1. The molecule has 2 aromatic carbocycles. The van der Waals surface area contributed by atoms with Gasteiger partial charge in [-0.2, -0.15) is 0 Å². The molecule has 4 heteroatoms. The van der Waals surface area contributed by atoms with Crippen molar-refractivity contribution in [2.45, 2.75) is 19.8 Å². The quantitative estimate of drug-likeness (QED) is 0.594. The van der Waals surface area contributed by atoms with Gasteiger partial charge in [0.25, 0.3) is 0 Å². The minimum absolute atomic E-state index is 0.625. The van der Waals surface area contributed by atoms with Crippen LogP contribution in [0.1, 0.15) is 18.9 Å². The lowest BCUT2D eigenvalue weighted by Gasteiger charge is -2.18. The van der Waals surface area contributed by atoms with Crippen molar-refractivity contribution < 1.29 is 0 Å². The first-order chi connectivity index (χ1) is 12.8. The first-order valence-electron chi connectivity index (χ1n) is 9.71. The Labute approximate surface area is 157 Å². The summed E-state index contributed by atoms with van der Waals surface area (Å²) in [6, 6.07) is 21.3. The molecule has 1 atom stereocenters. The Kier molecular flexibility index (Phi) is 6.94. The van der Waals surface area contributed by atoms with Crippen LogP contribution in [0.25, 0.3) is 0 Å². The van der Waals surface area contributed by atoms with Crippen LogP contribution in [0.15, 0.2) is 65.7 Å². The SMILES string of the molecule is CCNC(=NCC1CCN(c2ccccc2)C1)NCCc1ccccc1. The lowest BCUT2D eigenvalue weighted by molar-refractivity contribution is 0.599. The molecule has 0 spiro atoms. The van der Waals surface area contributed by atoms with Crippen LogP contribution < -0.4 is 15.5 Å². The monoisotopic (exact) mass is 350 g/mol. The number of nitrogens with zero attached hydrogens (tertiary/aromatic N) is 2. The smallest absolute Gasteiger partial charge is 0.191 e. The van der Waals surface area contributed by atoms with Crippen molar-refractivity contribution in [2.24, 2.45) is 10.9 Å². The van der Waals surface area contributed by atoms with Crippen molar-refractivity contribution in [3.63, 3.8) is 0 Å². The second kappa shape index (κ2) is 9.85. The average molecular weight is 351 g/mol. The summed E-state index contributed by atoms with van der Waals surface area (Å²) < 4.78 is 0. The van der Waals surface area contributed by atoms with E-state index in [-0.39, 0.29) is 0 Å². The highest BCUT2D eigenvalue weighted by molar-refractivity contribution is 5.79. The number of anilines is 1. The Morgan fingerprint density at radius 3 is 2.50 bits per heavy atom. The predicted molar refractivity (Wildman–Crippen MR) is 111 cm³/mol. The van der Waals surface area contributed by atoms with Gasteiger partial charge in [0.1, 0.15) is 0 Å². The van der Waals surface area contributed by atoms with Crippen molar-refractivity contribution in [1.29, 1.82) is 0 Å². The number of benzene rings is 2. The number of hydrogen-bond acceptors (Lipinski definition) is 2. The largest absolute Gasteiger partial charge is 0.371 e. The van der Waals surface area contributed by atoms with Gasteiger partial charge >= 0.3 is 0 Å². The van der Waals surface area contributed by atoms with E-state index < -0.39 is 0 Å². The lowest BCUT2D eigenvalue weighted by atomic mass is 10.1. The molecular weight excluding hydrogens is 320 g/mol. The Balaban J connectivity index is 1.46. The Morgan fingerprint density at radius 1 is 1.04 bits per heavy atom. The normalized spacial score (nSPS) is 17.3. The number of aliphatic imine (C=N–C) groups is 1. The molecule has 3 rings (SSSR count). The predicted octanol–water partition coefficient (Wildman–Crippen LogP) is 3.31. The molecule has 26 heavy (non-hydrogen) atoms. The van der Waals surface area contributed by atoms with Gasteiger partial charge < -0.3 is 15.5 Å². The molecule has 1 saturated heterocycles. The summed E-state index contributed by atoms with van der Waals surface area (Å²) in [6.07, 6.45) is 2.22. The molecule has 1 unspecified atom stereocenters. The third kappa shape index (κ3) is 5.51. The Morgan fingerprint density at radius 2 is 1.77 bits per heavy atom. The minimum Gasteiger partial charge on any atom is -0.371 e. The second-order valence-electron chi connectivity index (χ2n) is 6.82. The molecule has 1 fully saturated rings. The van der Waals surface area contributed by atoms with Crippen LogP contribution in [0, 0.1) is 5.92 Å². The molecule has 0 aromatic heterocycles. The molecule has 0 aliphatic carbocycles. The van der Waals surface area contributed by atoms with Crippen LogP contribution in [0.4, 0.5) is 5.69 Å². The molecule has 2 N–H and O–H groups in total. The number of rotatable bonds is 7. The average Bonchev–Trinajstić information content (AvgIpc) is 3.17. The van der Waals surface area contributed by atoms with E-state index in [0.717, 1.165) is 45.1 Å². The van der Waals surface area contributed by atoms with E-state index in [1.54, 1.807) is 0 Å². The fourth-order valence-electron chi connectivity index (χ4n) is 3.39. The van der Waals surface area contributed by atoms with Crippen LogP contribution in [0.3, 0.4) is 0 Å². The molecule has 1 heterocycles. The van der Waals surface area contributed by atoms with Gasteiger partial charge in [-0.05, 0) is 43.4 Å². The summed E-state index contributed by atoms with van der Waals surface area (Å²) in [6.45, 7) is 7.00. The van der Waals surface area contributed by atoms with Crippen LogP contribution >= 0.6 is 0 Å². The molecule has 0 radical (unpaired) electrons. The van der Waals surface area contributed by atoms with E-state index in [1.165, 1.54) is 17.7 Å². The molecule has 1 aliphatic heterocycles. The summed E-state index contributed by atoms with van der Waals surface area (Å²) in [4.78, 5) is 7.29. The summed E-state index contributed by atoms with van der Waals surface area (Å²) in [7, 11) is 0. The zero-order valence-electron chi connectivity index (χ0n) is 15.7. The maximum atomic E-state index is 4.82. The van der Waals surface area contributed by atoms with Crippen molar-refractivity contribution in [3.8, 4) is 0 Å². The maximum Gasteiger partial charge on any atom is 0.191 e. The molecule has 4 nitrogen and oxygen atoms in total. The third-order valence-corrected chi connectivity index (χ3v) is 4.81. The molecule has 1 aliphatic rings. The highest BCUT2D eigenvalue weighted by atomic mass is 15.2. The van der Waals surface area contributed by atoms with Gasteiger partial charge in [-0.1, -0.05) is 48.5 Å². The zero-order chi connectivity index (χ0) is 18.0.